The molecule has 2 aromatic rings. The van der Waals surface area contributed by atoms with Crippen LogP contribution in [0.15, 0.2) is 30.3 Å². The molecule has 3 N–H and O–H groups in total. The molecule has 194 valence electrons. The van der Waals surface area contributed by atoms with Crippen LogP contribution in [0.4, 0.5) is 21.9 Å². The number of methoxy groups -OCH3 is 1. The fourth-order valence-electron chi connectivity index (χ4n) is 5.20. The number of fused-ring (bicyclic) bond motifs is 1. The van der Waals surface area contributed by atoms with Crippen molar-refractivity contribution >= 4 is 40.6 Å². The quantitative estimate of drug-likeness (QED) is 0.531. The molecule has 4 rings (SSSR count). The number of primary amides is 1. The molecule has 0 bridgehead atoms. The maximum absolute atomic E-state index is 14.1. The molecule has 0 radical (unpaired) electrons. The second-order valence-corrected chi connectivity index (χ2v) is 10.4. The van der Waals surface area contributed by atoms with Crippen molar-refractivity contribution in [3.63, 3.8) is 0 Å². The number of carbonyl (C=O) groups is 2. The van der Waals surface area contributed by atoms with Crippen molar-refractivity contribution in [3.8, 4) is 5.75 Å². The van der Waals surface area contributed by atoms with Crippen molar-refractivity contribution in [1.82, 2.24) is 9.80 Å². The molecule has 2 aliphatic rings. The van der Waals surface area contributed by atoms with E-state index in [0.29, 0.717) is 35.8 Å². The summed E-state index contributed by atoms with van der Waals surface area (Å²) in [5, 5.41) is 3.94. The zero-order valence-electron chi connectivity index (χ0n) is 21.5. The Bertz CT molecular complexity index is 1130. The van der Waals surface area contributed by atoms with Gasteiger partial charge in [-0.15, -0.1) is 0 Å². The minimum atomic E-state index is -0.247. The van der Waals surface area contributed by atoms with Gasteiger partial charge in [-0.25, -0.2) is 4.79 Å². The Balaban J connectivity index is 1.71. The van der Waals surface area contributed by atoms with Crippen LogP contribution in [-0.4, -0.2) is 62.1 Å². The number of halogens is 1. The molecule has 1 saturated carbocycles. The monoisotopic (exact) mass is 513 g/mol. The van der Waals surface area contributed by atoms with Crippen LogP contribution in [0, 0.1) is 12.8 Å². The van der Waals surface area contributed by atoms with Crippen molar-refractivity contribution < 1.29 is 14.3 Å². The van der Waals surface area contributed by atoms with Crippen LogP contribution in [0.5, 0.6) is 5.75 Å². The molecule has 0 spiro atoms. The van der Waals surface area contributed by atoms with Crippen molar-refractivity contribution in [3.05, 3.63) is 46.5 Å². The Morgan fingerprint density at radius 3 is 2.53 bits per heavy atom. The van der Waals surface area contributed by atoms with Gasteiger partial charge in [-0.3, -0.25) is 9.69 Å². The molecule has 0 saturated heterocycles. The van der Waals surface area contributed by atoms with Crippen molar-refractivity contribution in [1.29, 1.82) is 0 Å². The smallest absolute Gasteiger partial charge is 0.329 e. The number of likely N-dealkylation sites (N-methyl/N-ethyl adjacent to an activating group) is 1. The third-order valence-electron chi connectivity index (χ3n) is 7.28. The van der Waals surface area contributed by atoms with Gasteiger partial charge in [0.25, 0.3) is 0 Å². The third-order valence-corrected chi connectivity index (χ3v) is 7.57. The number of aryl methyl sites for hydroxylation is 1. The van der Waals surface area contributed by atoms with Crippen LogP contribution in [0.3, 0.4) is 0 Å². The topological polar surface area (TPSA) is 91.1 Å². The van der Waals surface area contributed by atoms with E-state index in [-0.39, 0.29) is 23.9 Å². The number of anilines is 3. The van der Waals surface area contributed by atoms with Crippen LogP contribution in [-0.2, 0) is 11.3 Å². The van der Waals surface area contributed by atoms with Gasteiger partial charge < -0.3 is 25.6 Å². The molecule has 0 atom stereocenters. The molecular weight excluding hydrogens is 478 g/mol. The highest BCUT2D eigenvalue weighted by Gasteiger charge is 2.38. The first-order valence-electron chi connectivity index (χ1n) is 12.4. The molecule has 0 unspecified atom stereocenters. The summed E-state index contributed by atoms with van der Waals surface area (Å²) in [6.45, 7) is 4.31. The Hall–Kier alpha value is -2.97. The van der Waals surface area contributed by atoms with E-state index < -0.39 is 0 Å². The first kappa shape index (κ1) is 26.1. The highest BCUT2D eigenvalue weighted by Crippen LogP contribution is 2.42. The van der Waals surface area contributed by atoms with E-state index in [1.807, 2.05) is 25.1 Å². The van der Waals surface area contributed by atoms with Crippen LogP contribution in [0.1, 0.15) is 36.8 Å². The van der Waals surface area contributed by atoms with Crippen LogP contribution < -0.4 is 20.7 Å². The lowest BCUT2D eigenvalue weighted by molar-refractivity contribution is -0.123. The number of nitrogens with two attached hydrogens (primary N) is 1. The molecule has 8 nitrogen and oxygen atoms in total. The maximum Gasteiger partial charge on any atom is 0.329 e. The van der Waals surface area contributed by atoms with E-state index >= 15 is 0 Å². The predicted octanol–water partition coefficient (Wildman–Crippen LogP) is 4.75. The number of urea groups is 1. The number of amides is 3. The van der Waals surface area contributed by atoms with Crippen molar-refractivity contribution in [2.24, 2.45) is 11.7 Å². The van der Waals surface area contributed by atoms with Gasteiger partial charge in [-0.2, -0.15) is 0 Å². The number of benzene rings is 2. The van der Waals surface area contributed by atoms with E-state index in [4.69, 9.17) is 22.1 Å². The third kappa shape index (κ3) is 5.39. The summed E-state index contributed by atoms with van der Waals surface area (Å²) in [5.74, 6) is 0.202. The molecule has 36 heavy (non-hydrogen) atoms. The first-order chi connectivity index (χ1) is 17.2. The Labute approximate surface area is 218 Å². The molecule has 1 heterocycles. The Morgan fingerprint density at radius 1 is 1.19 bits per heavy atom. The number of hydrogen-bond acceptors (Lipinski definition) is 5. The summed E-state index contributed by atoms with van der Waals surface area (Å²) < 4.78 is 5.33. The Morgan fingerprint density at radius 2 is 1.92 bits per heavy atom. The lowest BCUT2D eigenvalue weighted by Gasteiger charge is -2.43. The highest BCUT2D eigenvalue weighted by atomic mass is 35.5. The summed E-state index contributed by atoms with van der Waals surface area (Å²) in [4.78, 5) is 31.6. The molecule has 1 aliphatic heterocycles. The van der Waals surface area contributed by atoms with E-state index in [1.54, 1.807) is 24.1 Å². The zero-order valence-corrected chi connectivity index (χ0v) is 22.3. The lowest BCUT2D eigenvalue weighted by Crippen LogP contribution is -2.51. The summed E-state index contributed by atoms with van der Waals surface area (Å²) in [5.41, 5.74) is 10.3. The summed E-state index contributed by atoms with van der Waals surface area (Å²) in [6, 6.07) is 9.58. The standard InChI is InChI=1S/C27H36ClN5O3/c1-17-13-19(30-11-12-31(2)3)14-24-22(17)16-32(20-7-5-18(6-8-20)26(29)34)27(35)33(24)21-9-10-25(36-4)23(28)15-21/h9-10,13-15,18,20,30H,5-8,11-12,16H2,1-4H3,(H2,29,34). The van der Waals surface area contributed by atoms with Gasteiger partial charge in [0.2, 0.25) is 5.91 Å². The van der Waals surface area contributed by atoms with Gasteiger partial charge in [-0.1, -0.05) is 11.6 Å². The molecule has 1 fully saturated rings. The van der Waals surface area contributed by atoms with Gasteiger partial charge in [0.1, 0.15) is 5.75 Å². The average molecular weight is 514 g/mol. The van der Waals surface area contributed by atoms with Gasteiger partial charge in [0.15, 0.2) is 0 Å². The average Bonchev–Trinajstić information content (AvgIpc) is 2.83. The number of hydrogen-bond donors (Lipinski definition) is 2. The SMILES string of the molecule is COc1ccc(N2C(=O)N(C3CCC(C(N)=O)CC3)Cc3c(C)cc(NCCN(C)C)cc32)cc1Cl. The van der Waals surface area contributed by atoms with E-state index in [1.165, 1.54) is 0 Å². The molecular formula is C27H36ClN5O3. The van der Waals surface area contributed by atoms with E-state index in [2.05, 4.69) is 29.3 Å². The molecule has 3 amide bonds. The Kier molecular flexibility index (Phi) is 7.95. The fraction of sp³-hybridized carbons (Fsp3) is 0.481. The number of ether oxygens (including phenoxy) is 1. The number of nitrogens with one attached hydrogen (secondary N) is 1. The van der Waals surface area contributed by atoms with E-state index in [9.17, 15) is 9.59 Å². The van der Waals surface area contributed by atoms with Gasteiger partial charge in [0.05, 0.1) is 30.1 Å². The van der Waals surface area contributed by atoms with Gasteiger partial charge in [-0.05, 0) is 88.2 Å². The van der Waals surface area contributed by atoms with E-state index in [0.717, 1.165) is 48.4 Å². The normalized spacial score (nSPS) is 19.9. The van der Waals surface area contributed by atoms with Crippen LogP contribution in [0.2, 0.25) is 5.02 Å². The summed E-state index contributed by atoms with van der Waals surface area (Å²) in [7, 11) is 5.65. The highest BCUT2D eigenvalue weighted by molar-refractivity contribution is 6.32. The second kappa shape index (κ2) is 11.0. The maximum atomic E-state index is 14.1. The van der Waals surface area contributed by atoms with Crippen molar-refractivity contribution in [2.45, 2.75) is 45.2 Å². The van der Waals surface area contributed by atoms with Crippen LogP contribution in [0.25, 0.3) is 0 Å². The summed E-state index contributed by atoms with van der Waals surface area (Å²) >= 11 is 6.48. The minimum Gasteiger partial charge on any atom is -0.495 e. The molecule has 1 aliphatic carbocycles. The predicted molar refractivity (Wildman–Crippen MR) is 144 cm³/mol. The molecule has 9 heteroatoms. The number of carbonyl (C=O) groups excluding carboxylic acids is 2. The lowest BCUT2D eigenvalue weighted by atomic mass is 9.84. The first-order valence-corrected chi connectivity index (χ1v) is 12.8. The zero-order chi connectivity index (χ0) is 26.0. The van der Waals surface area contributed by atoms with Crippen LogP contribution >= 0.6 is 11.6 Å². The number of nitrogens with zero attached hydrogens (tertiary/aromatic N) is 3. The largest absolute Gasteiger partial charge is 0.495 e. The number of rotatable bonds is 8. The van der Waals surface area contributed by atoms with Gasteiger partial charge >= 0.3 is 6.03 Å². The molecule has 0 aromatic heterocycles. The molecule has 2 aromatic carbocycles. The summed E-state index contributed by atoms with van der Waals surface area (Å²) in [6.07, 6.45) is 2.93. The van der Waals surface area contributed by atoms with Crippen molar-refractivity contribution in [2.75, 3.05) is 44.5 Å². The minimum absolute atomic E-state index is 0.0507. The second-order valence-electron chi connectivity index (χ2n) is 9.99. The van der Waals surface area contributed by atoms with Gasteiger partial charge in [0, 0.05) is 30.7 Å². The fourth-order valence-corrected chi connectivity index (χ4v) is 5.45.